The van der Waals surface area contributed by atoms with Gasteiger partial charge in [0.2, 0.25) is 0 Å². The molecular weight excluding hydrogens is 220 g/mol. The number of carbonyl (C=O) groups is 1. The van der Waals surface area contributed by atoms with Gasteiger partial charge in [-0.2, -0.15) is 0 Å². The van der Waals surface area contributed by atoms with E-state index in [2.05, 4.69) is 6.92 Å². The second kappa shape index (κ2) is 4.58. The molecule has 0 aliphatic heterocycles. The lowest BCUT2D eigenvalue weighted by molar-refractivity contribution is 0.0377. The van der Waals surface area contributed by atoms with Crippen LogP contribution in [0, 0.1) is 5.92 Å². The SMILES string of the molecule is CC(C)OC(=O)c1csc2c1CC[C@H](C)C2. The maximum absolute atomic E-state index is 11.9. The predicted molar refractivity (Wildman–Crippen MR) is 66.1 cm³/mol. The zero-order valence-electron chi connectivity index (χ0n) is 10.1. The molecule has 0 aromatic carbocycles. The topological polar surface area (TPSA) is 26.3 Å². The third-order valence-corrected chi connectivity index (χ3v) is 4.02. The molecule has 0 unspecified atom stereocenters. The Morgan fingerprint density at radius 2 is 2.31 bits per heavy atom. The van der Waals surface area contributed by atoms with Crippen molar-refractivity contribution in [3.63, 3.8) is 0 Å². The summed E-state index contributed by atoms with van der Waals surface area (Å²) in [7, 11) is 0. The van der Waals surface area contributed by atoms with Gasteiger partial charge < -0.3 is 4.74 Å². The van der Waals surface area contributed by atoms with Crippen molar-refractivity contribution in [1.82, 2.24) is 0 Å². The van der Waals surface area contributed by atoms with Crippen LogP contribution in [0.4, 0.5) is 0 Å². The lowest BCUT2D eigenvalue weighted by atomic mass is 9.88. The predicted octanol–water partition coefficient (Wildman–Crippen LogP) is 3.44. The molecule has 0 bridgehead atoms. The van der Waals surface area contributed by atoms with Gasteiger partial charge in [0.15, 0.2) is 0 Å². The van der Waals surface area contributed by atoms with Crippen molar-refractivity contribution in [3.8, 4) is 0 Å². The molecule has 1 aromatic heterocycles. The van der Waals surface area contributed by atoms with Gasteiger partial charge in [0.1, 0.15) is 0 Å². The van der Waals surface area contributed by atoms with E-state index in [9.17, 15) is 4.79 Å². The van der Waals surface area contributed by atoms with E-state index in [-0.39, 0.29) is 12.1 Å². The maximum atomic E-state index is 11.9. The first-order valence-corrected chi connectivity index (χ1v) is 6.76. The molecule has 1 aliphatic carbocycles. The van der Waals surface area contributed by atoms with Gasteiger partial charge in [0, 0.05) is 10.3 Å². The zero-order valence-corrected chi connectivity index (χ0v) is 10.9. The van der Waals surface area contributed by atoms with Crippen molar-refractivity contribution >= 4 is 17.3 Å². The molecule has 0 spiro atoms. The largest absolute Gasteiger partial charge is 0.459 e. The molecule has 1 atom stereocenters. The van der Waals surface area contributed by atoms with Crippen LogP contribution in [0.5, 0.6) is 0 Å². The highest BCUT2D eigenvalue weighted by Gasteiger charge is 2.24. The third kappa shape index (κ3) is 2.29. The zero-order chi connectivity index (χ0) is 11.7. The minimum Gasteiger partial charge on any atom is -0.459 e. The van der Waals surface area contributed by atoms with E-state index in [0.717, 1.165) is 24.3 Å². The van der Waals surface area contributed by atoms with Crippen molar-refractivity contribution in [3.05, 3.63) is 21.4 Å². The normalized spacial score (nSPS) is 19.6. The summed E-state index contributed by atoms with van der Waals surface area (Å²) in [6, 6.07) is 0. The average Bonchev–Trinajstić information content (AvgIpc) is 2.59. The minimum atomic E-state index is -0.151. The molecule has 0 fully saturated rings. The Bertz CT molecular complexity index is 393. The summed E-state index contributed by atoms with van der Waals surface area (Å²) < 4.78 is 5.26. The molecule has 3 heteroatoms. The quantitative estimate of drug-likeness (QED) is 0.738. The highest BCUT2D eigenvalue weighted by molar-refractivity contribution is 7.10. The number of hydrogen-bond acceptors (Lipinski definition) is 3. The molecule has 0 radical (unpaired) electrons. The van der Waals surface area contributed by atoms with Gasteiger partial charge in [0.05, 0.1) is 11.7 Å². The van der Waals surface area contributed by atoms with Crippen molar-refractivity contribution in [2.75, 3.05) is 0 Å². The van der Waals surface area contributed by atoms with Crippen molar-refractivity contribution < 1.29 is 9.53 Å². The van der Waals surface area contributed by atoms with Crippen LogP contribution in [0.15, 0.2) is 5.38 Å². The van der Waals surface area contributed by atoms with E-state index in [1.807, 2.05) is 19.2 Å². The molecule has 88 valence electrons. The van der Waals surface area contributed by atoms with Gasteiger partial charge in [-0.05, 0) is 44.6 Å². The van der Waals surface area contributed by atoms with Gasteiger partial charge in [-0.3, -0.25) is 0 Å². The van der Waals surface area contributed by atoms with Crippen molar-refractivity contribution in [2.45, 2.75) is 46.1 Å². The lowest BCUT2D eigenvalue weighted by Gasteiger charge is -2.18. The summed E-state index contributed by atoms with van der Waals surface area (Å²) in [5.41, 5.74) is 2.05. The number of thiophene rings is 1. The molecule has 0 saturated carbocycles. The highest BCUT2D eigenvalue weighted by atomic mass is 32.1. The number of esters is 1. The third-order valence-electron chi connectivity index (χ3n) is 2.96. The van der Waals surface area contributed by atoms with Gasteiger partial charge in [0.25, 0.3) is 0 Å². The van der Waals surface area contributed by atoms with E-state index < -0.39 is 0 Å². The minimum absolute atomic E-state index is 0.0365. The number of fused-ring (bicyclic) bond motifs is 1. The van der Waals surface area contributed by atoms with E-state index in [0.29, 0.717) is 0 Å². The Morgan fingerprint density at radius 3 is 3.00 bits per heavy atom. The molecule has 1 aromatic rings. The van der Waals surface area contributed by atoms with Crippen LogP contribution < -0.4 is 0 Å². The molecule has 0 N–H and O–H groups in total. The highest BCUT2D eigenvalue weighted by Crippen LogP contribution is 2.33. The first kappa shape index (κ1) is 11.6. The molecule has 2 rings (SSSR count). The van der Waals surface area contributed by atoms with Crippen LogP contribution in [-0.2, 0) is 17.6 Å². The Labute approximate surface area is 101 Å². The summed E-state index contributed by atoms with van der Waals surface area (Å²) in [6.45, 7) is 6.05. The van der Waals surface area contributed by atoms with Gasteiger partial charge >= 0.3 is 5.97 Å². The van der Waals surface area contributed by atoms with Crippen LogP contribution in [0.2, 0.25) is 0 Å². The summed E-state index contributed by atoms with van der Waals surface area (Å²) in [5.74, 6) is 0.599. The van der Waals surface area contributed by atoms with Crippen molar-refractivity contribution in [2.24, 2.45) is 5.92 Å². The Hall–Kier alpha value is -0.830. The number of rotatable bonds is 2. The van der Waals surface area contributed by atoms with Crippen LogP contribution in [-0.4, -0.2) is 12.1 Å². The first-order chi connectivity index (χ1) is 7.58. The smallest absolute Gasteiger partial charge is 0.339 e. The molecule has 16 heavy (non-hydrogen) atoms. The number of hydrogen-bond donors (Lipinski definition) is 0. The van der Waals surface area contributed by atoms with Gasteiger partial charge in [-0.25, -0.2) is 4.79 Å². The summed E-state index contributed by atoms with van der Waals surface area (Å²) in [6.07, 6.45) is 3.30. The van der Waals surface area contributed by atoms with Crippen LogP contribution in [0.1, 0.15) is 48.0 Å². The van der Waals surface area contributed by atoms with Crippen LogP contribution in [0.3, 0.4) is 0 Å². The first-order valence-electron chi connectivity index (χ1n) is 5.88. The fourth-order valence-electron chi connectivity index (χ4n) is 2.13. The molecule has 0 saturated heterocycles. The maximum Gasteiger partial charge on any atom is 0.339 e. The van der Waals surface area contributed by atoms with Crippen LogP contribution >= 0.6 is 11.3 Å². The van der Waals surface area contributed by atoms with Crippen molar-refractivity contribution in [1.29, 1.82) is 0 Å². The Balaban J connectivity index is 2.20. The second-order valence-electron chi connectivity index (χ2n) is 4.85. The van der Waals surface area contributed by atoms with Gasteiger partial charge in [-0.15, -0.1) is 11.3 Å². The number of ether oxygens (including phenoxy) is 1. The standard InChI is InChI=1S/C13H18O2S/c1-8(2)15-13(14)11-7-16-12-6-9(3)4-5-10(11)12/h7-9H,4-6H2,1-3H3/t9-/m0/s1. The van der Waals surface area contributed by atoms with E-state index in [4.69, 9.17) is 4.74 Å². The fourth-order valence-corrected chi connectivity index (χ4v) is 3.36. The molecule has 0 amide bonds. The Morgan fingerprint density at radius 1 is 1.56 bits per heavy atom. The molecule has 1 heterocycles. The van der Waals surface area contributed by atoms with E-state index in [1.165, 1.54) is 16.9 Å². The molecular formula is C13H18O2S. The van der Waals surface area contributed by atoms with Gasteiger partial charge in [-0.1, -0.05) is 6.92 Å². The Kier molecular flexibility index (Phi) is 3.33. The molecule has 1 aliphatic rings. The average molecular weight is 238 g/mol. The summed E-state index contributed by atoms with van der Waals surface area (Å²) in [5, 5.41) is 1.97. The molecule has 2 nitrogen and oxygen atoms in total. The lowest BCUT2D eigenvalue weighted by Crippen LogP contribution is -2.15. The van der Waals surface area contributed by atoms with E-state index >= 15 is 0 Å². The van der Waals surface area contributed by atoms with E-state index in [1.54, 1.807) is 11.3 Å². The fraction of sp³-hybridized carbons (Fsp3) is 0.615. The summed E-state index contributed by atoms with van der Waals surface area (Å²) in [4.78, 5) is 13.2. The second-order valence-corrected chi connectivity index (χ2v) is 5.82. The summed E-state index contributed by atoms with van der Waals surface area (Å²) >= 11 is 1.71. The monoisotopic (exact) mass is 238 g/mol. The number of carbonyl (C=O) groups excluding carboxylic acids is 1. The van der Waals surface area contributed by atoms with Crippen LogP contribution in [0.25, 0.3) is 0 Å².